The highest BCUT2D eigenvalue weighted by Crippen LogP contribution is 2.25. The molecule has 0 atom stereocenters. The molecular weight excluding hydrogens is 414 g/mol. The molecule has 150 valence electrons. The molecule has 6 nitrogen and oxygen atoms in total. The van der Waals surface area contributed by atoms with Crippen LogP contribution in [-0.4, -0.2) is 42.9 Å². The van der Waals surface area contributed by atoms with Gasteiger partial charge in [0.15, 0.2) is 0 Å². The maximum Gasteiger partial charge on any atom is 0.255 e. The van der Waals surface area contributed by atoms with E-state index in [0.717, 1.165) is 28.6 Å². The Hall–Kier alpha value is -2.07. The first-order chi connectivity index (χ1) is 13.2. The van der Waals surface area contributed by atoms with Gasteiger partial charge in [-0.05, 0) is 49.2 Å². The first-order valence-corrected chi connectivity index (χ1v) is 10.2. The van der Waals surface area contributed by atoms with Crippen molar-refractivity contribution >= 4 is 33.2 Å². The summed E-state index contributed by atoms with van der Waals surface area (Å²) in [4.78, 5) is 11.8. The molecule has 0 saturated carbocycles. The van der Waals surface area contributed by atoms with E-state index in [1.54, 1.807) is 0 Å². The Bertz CT molecular complexity index is 1010. The molecule has 2 aromatic rings. The van der Waals surface area contributed by atoms with Gasteiger partial charge in [-0.15, -0.1) is 0 Å². The van der Waals surface area contributed by atoms with Crippen LogP contribution in [0.1, 0.15) is 23.2 Å². The number of anilines is 1. The Morgan fingerprint density at radius 3 is 2.39 bits per heavy atom. The molecule has 1 amide bonds. The molecule has 3 rings (SSSR count). The standard InChI is InChI=1S/C18H17ClF2N2O4S/c19-14-10-12(2-4-15(14)20)22-18(25)11-1-3-16(21)17(9-11)28(26,27)23-7-5-13(24)6-8-23/h1-4,9-10,13,24H,5-8H2,(H,22,25). The number of piperidine rings is 1. The predicted octanol–water partition coefficient (Wildman–Crippen LogP) is 3.02. The van der Waals surface area contributed by atoms with Gasteiger partial charge < -0.3 is 10.4 Å². The predicted molar refractivity (Wildman–Crippen MR) is 99.8 cm³/mol. The van der Waals surface area contributed by atoms with Crippen molar-refractivity contribution in [2.45, 2.75) is 23.8 Å². The van der Waals surface area contributed by atoms with E-state index in [9.17, 15) is 27.1 Å². The van der Waals surface area contributed by atoms with Gasteiger partial charge in [-0.3, -0.25) is 4.79 Å². The van der Waals surface area contributed by atoms with E-state index in [-0.39, 0.29) is 42.2 Å². The number of nitrogens with zero attached hydrogens (tertiary/aromatic N) is 1. The monoisotopic (exact) mass is 430 g/mol. The summed E-state index contributed by atoms with van der Waals surface area (Å²) in [5.74, 6) is -2.33. The molecule has 0 spiro atoms. The summed E-state index contributed by atoms with van der Waals surface area (Å²) in [5.41, 5.74) is 0.118. The van der Waals surface area contributed by atoms with Crippen LogP contribution >= 0.6 is 11.6 Å². The Balaban J connectivity index is 1.86. The molecule has 0 aliphatic carbocycles. The molecule has 1 aliphatic rings. The van der Waals surface area contributed by atoms with E-state index >= 15 is 0 Å². The highest BCUT2D eigenvalue weighted by atomic mass is 35.5. The van der Waals surface area contributed by atoms with Crippen molar-refractivity contribution in [3.63, 3.8) is 0 Å². The minimum Gasteiger partial charge on any atom is -0.393 e. The van der Waals surface area contributed by atoms with Gasteiger partial charge in [0.05, 0.1) is 11.1 Å². The summed E-state index contributed by atoms with van der Waals surface area (Å²) in [6.07, 6.45) is -0.0745. The number of rotatable bonds is 4. The number of sulfonamides is 1. The molecule has 1 fully saturated rings. The molecule has 2 aromatic carbocycles. The fourth-order valence-electron chi connectivity index (χ4n) is 2.84. The minimum atomic E-state index is -4.16. The topological polar surface area (TPSA) is 86.7 Å². The largest absolute Gasteiger partial charge is 0.393 e. The van der Waals surface area contributed by atoms with Gasteiger partial charge in [0, 0.05) is 24.3 Å². The Morgan fingerprint density at radius 2 is 1.75 bits per heavy atom. The zero-order valence-corrected chi connectivity index (χ0v) is 16.1. The highest BCUT2D eigenvalue weighted by molar-refractivity contribution is 7.89. The summed E-state index contributed by atoms with van der Waals surface area (Å²) in [6.45, 7) is 0.126. The van der Waals surface area contributed by atoms with Crippen LogP contribution in [-0.2, 0) is 10.0 Å². The molecule has 2 N–H and O–H groups in total. The van der Waals surface area contributed by atoms with Crippen molar-refractivity contribution in [3.8, 4) is 0 Å². The van der Waals surface area contributed by atoms with Crippen molar-refractivity contribution in [3.05, 3.63) is 58.6 Å². The molecule has 1 saturated heterocycles. The molecule has 0 bridgehead atoms. The van der Waals surface area contributed by atoms with Gasteiger partial charge in [0.2, 0.25) is 10.0 Å². The number of hydrogen-bond acceptors (Lipinski definition) is 4. The molecule has 1 heterocycles. The highest BCUT2D eigenvalue weighted by Gasteiger charge is 2.31. The number of aliphatic hydroxyl groups excluding tert-OH is 1. The van der Waals surface area contributed by atoms with Gasteiger partial charge in [-0.25, -0.2) is 17.2 Å². The van der Waals surface area contributed by atoms with Crippen LogP contribution in [0, 0.1) is 11.6 Å². The van der Waals surface area contributed by atoms with Crippen LogP contribution in [0.5, 0.6) is 0 Å². The number of halogens is 3. The van der Waals surface area contributed by atoms with E-state index in [1.807, 2.05) is 0 Å². The van der Waals surface area contributed by atoms with Gasteiger partial charge in [0.25, 0.3) is 5.91 Å². The second-order valence-electron chi connectivity index (χ2n) is 6.36. The number of hydrogen-bond donors (Lipinski definition) is 2. The zero-order chi connectivity index (χ0) is 20.5. The van der Waals surface area contributed by atoms with E-state index in [2.05, 4.69) is 5.32 Å². The first kappa shape index (κ1) is 20.7. The maximum atomic E-state index is 14.2. The van der Waals surface area contributed by atoms with Crippen molar-refractivity contribution in [1.82, 2.24) is 4.31 Å². The number of aliphatic hydroxyl groups is 1. The van der Waals surface area contributed by atoms with Gasteiger partial charge in [-0.2, -0.15) is 4.31 Å². The lowest BCUT2D eigenvalue weighted by molar-refractivity contribution is 0.102. The van der Waals surface area contributed by atoms with Gasteiger partial charge in [0.1, 0.15) is 16.5 Å². The SMILES string of the molecule is O=C(Nc1ccc(F)c(Cl)c1)c1ccc(F)c(S(=O)(=O)N2CCC(O)CC2)c1. The van der Waals surface area contributed by atoms with Crippen LogP contribution in [0.3, 0.4) is 0 Å². The smallest absolute Gasteiger partial charge is 0.255 e. The molecule has 0 radical (unpaired) electrons. The number of nitrogens with one attached hydrogen (secondary N) is 1. The molecule has 10 heteroatoms. The second-order valence-corrected chi connectivity index (χ2v) is 8.68. The Kier molecular flexibility index (Phi) is 5.99. The number of carbonyl (C=O) groups is 1. The maximum absolute atomic E-state index is 14.2. The molecular formula is C18H17ClF2N2O4S. The fraction of sp³-hybridized carbons (Fsp3) is 0.278. The van der Waals surface area contributed by atoms with E-state index in [1.165, 1.54) is 12.1 Å². The summed E-state index contributed by atoms with van der Waals surface area (Å²) in [7, 11) is -4.16. The molecule has 1 aliphatic heterocycles. The fourth-order valence-corrected chi connectivity index (χ4v) is 4.58. The molecule has 28 heavy (non-hydrogen) atoms. The van der Waals surface area contributed by atoms with Gasteiger partial charge in [-0.1, -0.05) is 11.6 Å². The van der Waals surface area contributed by atoms with Crippen molar-refractivity contribution in [2.24, 2.45) is 0 Å². The van der Waals surface area contributed by atoms with E-state index in [0.29, 0.717) is 0 Å². The summed E-state index contributed by atoms with van der Waals surface area (Å²) in [6, 6.07) is 6.57. The number of amides is 1. The van der Waals surface area contributed by atoms with Crippen molar-refractivity contribution < 1.29 is 27.1 Å². The average Bonchev–Trinajstić information content (AvgIpc) is 2.65. The van der Waals surface area contributed by atoms with Crippen LogP contribution in [0.4, 0.5) is 14.5 Å². The van der Waals surface area contributed by atoms with Crippen molar-refractivity contribution in [1.29, 1.82) is 0 Å². The lowest BCUT2D eigenvalue weighted by Gasteiger charge is -2.28. The normalized spacial score (nSPS) is 16.1. The lowest BCUT2D eigenvalue weighted by atomic mass is 10.1. The van der Waals surface area contributed by atoms with Crippen molar-refractivity contribution in [2.75, 3.05) is 18.4 Å². The number of benzene rings is 2. The minimum absolute atomic E-state index is 0.0629. The first-order valence-electron chi connectivity index (χ1n) is 8.42. The third-order valence-electron chi connectivity index (χ3n) is 4.41. The van der Waals surface area contributed by atoms with Gasteiger partial charge >= 0.3 is 0 Å². The quantitative estimate of drug-likeness (QED) is 0.780. The zero-order valence-electron chi connectivity index (χ0n) is 14.5. The van der Waals surface area contributed by atoms with E-state index in [4.69, 9.17) is 11.6 Å². The second kappa shape index (κ2) is 8.12. The molecule has 0 aromatic heterocycles. The van der Waals surface area contributed by atoms with Crippen LogP contribution in [0.15, 0.2) is 41.3 Å². The summed E-state index contributed by atoms with van der Waals surface area (Å²) < 4.78 is 54.0. The molecule has 0 unspecified atom stereocenters. The average molecular weight is 431 g/mol. The third-order valence-corrected chi connectivity index (χ3v) is 6.62. The third kappa shape index (κ3) is 4.33. The lowest BCUT2D eigenvalue weighted by Crippen LogP contribution is -2.40. The van der Waals surface area contributed by atoms with Crippen LogP contribution in [0.25, 0.3) is 0 Å². The van der Waals surface area contributed by atoms with Crippen LogP contribution in [0.2, 0.25) is 5.02 Å². The Morgan fingerprint density at radius 1 is 1.11 bits per heavy atom. The summed E-state index contributed by atoms with van der Waals surface area (Å²) in [5, 5.41) is 11.8. The van der Waals surface area contributed by atoms with Crippen LogP contribution < -0.4 is 5.32 Å². The Labute approximate surface area is 165 Å². The summed E-state index contributed by atoms with van der Waals surface area (Å²) >= 11 is 5.67. The number of carbonyl (C=O) groups excluding carboxylic acids is 1. The van der Waals surface area contributed by atoms with E-state index < -0.39 is 38.6 Å².